The molecule has 1 aliphatic heterocycles. The Labute approximate surface area is 139 Å². The maximum atomic E-state index is 10.1. The Hall–Kier alpha value is -0.00805. The molecule has 1 fully saturated rings. The maximum absolute atomic E-state index is 10.1. The summed E-state index contributed by atoms with van der Waals surface area (Å²) < 4.78 is 5.23. The number of hydrogen-bond donors (Lipinski definition) is 1. The molecule has 2 rings (SSSR count). The number of rotatable bonds is 6. The van der Waals surface area contributed by atoms with E-state index >= 15 is 0 Å². The van der Waals surface area contributed by atoms with Crippen molar-refractivity contribution in [2.24, 2.45) is 0 Å². The van der Waals surface area contributed by atoms with E-state index in [9.17, 15) is 5.11 Å². The van der Waals surface area contributed by atoms with Crippen molar-refractivity contribution < 1.29 is 41.0 Å². The van der Waals surface area contributed by atoms with E-state index in [1.165, 1.54) is 25.9 Å². The first-order valence-electron chi connectivity index (χ1n) is 6.63. The average molecular weight is 485 g/mol. The van der Waals surface area contributed by atoms with Gasteiger partial charge in [0.25, 0.3) is 0 Å². The molecule has 1 aliphatic rings. The minimum Gasteiger partial charge on any atom is -0.551 e. The summed E-state index contributed by atoms with van der Waals surface area (Å²) in [4.78, 5) is 2.41. The molecule has 102 valence electrons. The number of ether oxygens (including phenoxy) is 1. The Morgan fingerprint density at radius 3 is 2.68 bits per heavy atom. The zero-order valence-corrected chi connectivity index (χ0v) is 15.4. The van der Waals surface area contributed by atoms with Gasteiger partial charge in [0, 0.05) is 11.9 Å². The molecule has 1 N–H and O–H groups in total. The predicted molar refractivity (Wildman–Crippen MR) is 71.4 cm³/mol. The molecule has 1 aromatic carbocycles. The molecule has 0 aromatic heterocycles. The Morgan fingerprint density at radius 1 is 1.37 bits per heavy atom. The second-order valence-corrected chi connectivity index (χ2v) is 4.69. The van der Waals surface area contributed by atoms with Gasteiger partial charge in [0.1, 0.15) is 0 Å². The molecule has 0 spiro atoms. The van der Waals surface area contributed by atoms with Gasteiger partial charge in [0.15, 0.2) is 0 Å². The smallest absolute Gasteiger partial charge is 0.551 e. The van der Waals surface area contributed by atoms with Crippen molar-refractivity contribution in [2.45, 2.75) is 25.4 Å². The van der Waals surface area contributed by atoms with E-state index < -0.39 is 6.10 Å². The third kappa shape index (κ3) is 5.47. The van der Waals surface area contributed by atoms with Gasteiger partial charge in [-0.1, -0.05) is 0 Å². The third-order valence-corrected chi connectivity index (χ3v) is 3.37. The summed E-state index contributed by atoms with van der Waals surface area (Å²) in [6, 6.07) is 8.55. The first-order valence-corrected chi connectivity index (χ1v) is 6.63. The van der Waals surface area contributed by atoms with Crippen LogP contribution in [0.5, 0.6) is 5.75 Å². The Balaban J connectivity index is 0.00000180. The zero-order chi connectivity index (χ0) is 12.8. The van der Waals surface area contributed by atoms with Crippen LogP contribution in [-0.4, -0.2) is 36.2 Å². The molecule has 1 aromatic rings. The zero-order valence-electron chi connectivity index (χ0n) is 11.3. The molecule has 1 heterocycles. The van der Waals surface area contributed by atoms with Crippen LogP contribution in [0, 0.1) is 44.1 Å². The van der Waals surface area contributed by atoms with Crippen LogP contribution in [0.25, 0.3) is 0 Å². The Kier molecular flexibility index (Phi) is 8.10. The van der Waals surface area contributed by atoms with E-state index in [4.69, 9.17) is 4.74 Å². The first-order chi connectivity index (χ1) is 8.79. The van der Waals surface area contributed by atoms with Crippen molar-refractivity contribution in [1.82, 2.24) is 4.90 Å². The third-order valence-electron chi connectivity index (χ3n) is 3.37. The van der Waals surface area contributed by atoms with Crippen molar-refractivity contribution in [3.05, 3.63) is 36.8 Å². The molecular formula is C15H21NO2U. The topological polar surface area (TPSA) is 32.7 Å². The van der Waals surface area contributed by atoms with Crippen molar-refractivity contribution >= 4 is 0 Å². The summed E-state index contributed by atoms with van der Waals surface area (Å²) in [6.07, 6.45) is 2.96. The van der Waals surface area contributed by atoms with E-state index in [2.05, 4.69) is 17.9 Å². The second-order valence-electron chi connectivity index (χ2n) is 4.69. The molecule has 0 aliphatic carbocycles. The fraction of sp³-hybridized carbons (Fsp3) is 0.533. The Morgan fingerprint density at radius 2 is 2.11 bits per heavy atom. The molecule has 0 bridgehead atoms. The van der Waals surface area contributed by atoms with E-state index in [0.717, 1.165) is 18.5 Å². The fourth-order valence-electron chi connectivity index (χ4n) is 2.31. The van der Waals surface area contributed by atoms with Gasteiger partial charge in [-0.3, -0.25) is 0 Å². The van der Waals surface area contributed by atoms with E-state index in [1.54, 1.807) is 6.07 Å². The number of likely N-dealkylation sites (tertiary alicyclic amines) is 1. The van der Waals surface area contributed by atoms with Gasteiger partial charge >= 0.3 is 31.1 Å². The van der Waals surface area contributed by atoms with Crippen LogP contribution in [0.2, 0.25) is 0 Å². The molecule has 4 heteroatoms. The number of nitrogens with zero attached hydrogens (tertiary/aromatic N) is 1. The summed E-state index contributed by atoms with van der Waals surface area (Å²) in [5.41, 5.74) is 0.908. The van der Waals surface area contributed by atoms with Crippen molar-refractivity contribution in [2.75, 3.05) is 26.2 Å². The first kappa shape index (κ1) is 17.0. The van der Waals surface area contributed by atoms with E-state index in [1.807, 2.05) is 12.1 Å². The van der Waals surface area contributed by atoms with Gasteiger partial charge in [-0.2, -0.15) is 12.1 Å². The number of aliphatic hydroxyl groups is 1. The minimum absolute atomic E-state index is 0. The van der Waals surface area contributed by atoms with Crippen molar-refractivity contribution in [3.8, 4) is 5.75 Å². The second kappa shape index (κ2) is 9.02. The molecule has 0 amide bonds. The van der Waals surface area contributed by atoms with Crippen LogP contribution in [0.15, 0.2) is 18.2 Å². The average Bonchev–Trinajstić information content (AvgIpc) is 2.90. The summed E-state index contributed by atoms with van der Waals surface area (Å²) >= 11 is 0. The summed E-state index contributed by atoms with van der Waals surface area (Å²) in [6.45, 7) is 7.33. The monoisotopic (exact) mass is 485 g/mol. The SMILES string of the molecule is [CH2-]COc1[c-]cc([C@@H](O)CCN2CCCC2)cc1.[U+2]. The summed E-state index contributed by atoms with van der Waals surface area (Å²) in [7, 11) is 0. The van der Waals surface area contributed by atoms with Gasteiger partial charge < -0.3 is 21.7 Å². The van der Waals surface area contributed by atoms with Crippen molar-refractivity contribution in [1.29, 1.82) is 0 Å². The van der Waals surface area contributed by atoms with Gasteiger partial charge in [-0.05, 0) is 45.5 Å². The molecule has 0 radical (unpaired) electrons. The van der Waals surface area contributed by atoms with E-state index in [0.29, 0.717) is 12.4 Å². The van der Waals surface area contributed by atoms with Crippen LogP contribution in [0.3, 0.4) is 0 Å². The van der Waals surface area contributed by atoms with Crippen LogP contribution < -0.4 is 4.74 Å². The van der Waals surface area contributed by atoms with Crippen LogP contribution >= 0.6 is 0 Å². The van der Waals surface area contributed by atoms with Gasteiger partial charge in [0.05, 0.1) is 0 Å². The van der Waals surface area contributed by atoms with E-state index in [-0.39, 0.29) is 31.1 Å². The molecule has 1 atom stereocenters. The molecule has 0 unspecified atom stereocenters. The Bertz CT molecular complexity index is 350. The quantitative estimate of drug-likeness (QED) is 0.628. The fourth-order valence-corrected chi connectivity index (χ4v) is 2.31. The van der Waals surface area contributed by atoms with Crippen LogP contribution in [0.4, 0.5) is 0 Å². The molecule has 3 nitrogen and oxygen atoms in total. The largest absolute Gasteiger partial charge is 2.00 e. The van der Waals surface area contributed by atoms with Gasteiger partial charge in [-0.15, -0.1) is 17.7 Å². The van der Waals surface area contributed by atoms with Crippen LogP contribution in [-0.2, 0) is 0 Å². The van der Waals surface area contributed by atoms with Crippen LogP contribution in [0.1, 0.15) is 30.9 Å². The number of hydrogen-bond acceptors (Lipinski definition) is 3. The van der Waals surface area contributed by atoms with Gasteiger partial charge in [0.2, 0.25) is 0 Å². The molecular weight excluding hydrogens is 464 g/mol. The predicted octanol–water partition coefficient (Wildman–Crippen LogP) is 2.22. The minimum atomic E-state index is -0.407. The molecule has 19 heavy (non-hydrogen) atoms. The van der Waals surface area contributed by atoms with Crippen molar-refractivity contribution in [3.63, 3.8) is 0 Å². The maximum Gasteiger partial charge on any atom is 2.00 e. The molecule has 0 saturated carbocycles. The normalized spacial score (nSPS) is 16.9. The van der Waals surface area contributed by atoms with Gasteiger partial charge in [-0.25, -0.2) is 0 Å². The number of benzene rings is 1. The molecule has 1 saturated heterocycles. The number of aliphatic hydroxyl groups excluding tert-OH is 1. The summed E-state index contributed by atoms with van der Waals surface area (Å²) in [5.74, 6) is 0.681. The standard InChI is InChI=1S/C15H21NO2.U/c1-2-18-14-7-5-13(6-8-14)15(17)9-12-16-10-3-4-11-16;/h5-7,15,17H,1-4,9-12H2;/q-2;+2/t15-;/m0./s1. The summed E-state index contributed by atoms with van der Waals surface area (Å²) in [5, 5.41) is 10.1.